The highest BCUT2D eigenvalue weighted by atomic mass is 79.9. The summed E-state index contributed by atoms with van der Waals surface area (Å²) in [6.45, 7) is 2.32. The summed E-state index contributed by atoms with van der Waals surface area (Å²) in [7, 11) is 0. The van der Waals surface area contributed by atoms with Crippen LogP contribution in [0.3, 0.4) is 0 Å². The van der Waals surface area contributed by atoms with Gasteiger partial charge in [0.25, 0.3) is 11.1 Å². The predicted octanol–water partition coefficient (Wildman–Crippen LogP) is 6.10. The van der Waals surface area contributed by atoms with Gasteiger partial charge >= 0.3 is 0 Å². The third kappa shape index (κ3) is 6.56. The summed E-state index contributed by atoms with van der Waals surface area (Å²) < 4.78 is 12.7. The molecule has 1 fully saturated rings. The van der Waals surface area contributed by atoms with Gasteiger partial charge < -0.3 is 14.8 Å². The molecular formula is C27H23BrN2O5S. The molecule has 0 bridgehead atoms. The molecule has 0 atom stereocenters. The summed E-state index contributed by atoms with van der Waals surface area (Å²) >= 11 is 4.22. The van der Waals surface area contributed by atoms with Crippen molar-refractivity contribution in [2.45, 2.75) is 13.5 Å². The number of amides is 3. The fraction of sp³-hybridized carbons (Fsp3) is 0.148. The molecule has 184 valence electrons. The SMILES string of the molecule is CCOc1cc(/C=C2\SC(=O)N(CC(=O)Nc3ccccc3)C2=O)ccc1OCc1ccc(Br)cc1. The molecule has 1 aliphatic rings. The van der Waals surface area contributed by atoms with E-state index in [1.165, 1.54) is 0 Å². The maximum Gasteiger partial charge on any atom is 0.294 e. The van der Waals surface area contributed by atoms with E-state index in [2.05, 4.69) is 21.2 Å². The number of rotatable bonds is 9. The molecule has 7 nitrogen and oxygen atoms in total. The molecule has 3 amide bonds. The number of thioether (sulfide) groups is 1. The zero-order valence-corrected chi connectivity index (χ0v) is 21.8. The van der Waals surface area contributed by atoms with Gasteiger partial charge in [-0.2, -0.15) is 0 Å². The lowest BCUT2D eigenvalue weighted by molar-refractivity contribution is -0.127. The van der Waals surface area contributed by atoms with E-state index in [4.69, 9.17) is 9.47 Å². The molecule has 1 saturated heterocycles. The lowest BCUT2D eigenvalue weighted by Gasteiger charge is -2.13. The van der Waals surface area contributed by atoms with E-state index in [1.54, 1.807) is 48.5 Å². The van der Waals surface area contributed by atoms with E-state index in [0.717, 1.165) is 26.7 Å². The van der Waals surface area contributed by atoms with Gasteiger partial charge in [0.05, 0.1) is 11.5 Å². The molecule has 0 aromatic heterocycles. The number of carbonyl (C=O) groups is 3. The normalized spacial score (nSPS) is 14.3. The molecule has 0 spiro atoms. The number of ether oxygens (including phenoxy) is 2. The minimum atomic E-state index is -0.512. The highest BCUT2D eigenvalue weighted by Crippen LogP contribution is 2.35. The number of hydrogen-bond donors (Lipinski definition) is 1. The Bertz CT molecular complexity index is 1300. The molecule has 0 saturated carbocycles. The average molecular weight is 567 g/mol. The Morgan fingerprint density at radius 3 is 2.47 bits per heavy atom. The first-order valence-electron chi connectivity index (χ1n) is 11.2. The van der Waals surface area contributed by atoms with Gasteiger partial charge in [0, 0.05) is 10.2 Å². The number of para-hydroxylation sites is 1. The molecule has 0 radical (unpaired) electrons. The number of hydrogen-bond acceptors (Lipinski definition) is 6. The minimum absolute atomic E-state index is 0.235. The van der Waals surface area contributed by atoms with Crippen molar-refractivity contribution in [2.75, 3.05) is 18.5 Å². The molecule has 1 heterocycles. The summed E-state index contributed by atoms with van der Waals surface area (Å²) in [4.78, 5) is 38.8. The van der Waals surface area contributed by atoms with Crippen LogP contribution in [0.2, 0.25) is 0 Å². The van der Waals surface area contributed by atoms with Gasteiger partial charge in [0.2, 0.25) is 5.91 Å². The van der Waals surface area contributed by atoms with Crippen molar-refractivity contribution in [3.63, 3.8) is 0 Å². The second-order valence-corrected chi connectivity index (χ2v) is 9.65. The topological polar surface area (TPSA) is 84.9 Å². The second kappa shape index (κ2) is 11.9. The van der Waals surface area contributed by atoms with Crippen molar-refractivity contribution >= 4 is 56.5 Å². The van der Waals surface area contributed by atoms with Crippen molar-refractivity contribution in [1.82, 2.24) is 4.90 Å². The highest BCUT2D eigenvalue weighted by molar-refractivity contribution is 9.10. The Hall–Kier alpha value is -3.56. The van der Waals surface area contributed by atoms with Crippen LogP contribution < -0.4 is 14.8 Å². The predicted molar refractivity (Wildman–Crippen MR) is 144 cm³/mol. The zero-order valence-electron chi connectivity index (χ0n) is 19.4. The lowest BCUT2D eigenvalue weighted by atomic mass is 10.1. The van der Waals surface area contributed by atoms with E-state index >= 15 is 0 Å². The van der Waals surface area contributed by atoms with Crippen LogP contribution in [0.15, 0.2) is 82.2 Å². The van der Waals surface area contributed by atoms with Crippen LogP contribution in [0.4, 0.5) is 10.5 Å². The number of nitrogens with zero attached hydrogens (tertiary/aromatic N) is 1. The Morgan fingerprint density at radius 2 is 1.75 bits per heavy atom. The highest BCUT2D eigenvalue weighted by Gasteiger charge is 2.36. The largest absolute Gasteiger partial charge is 0.490 e. The van der Waals surface area contributed by atoms with Crippen LogP contribution in [0, 0.1) is 0 Å². The molecule has 4 rings (SSSR count). The standard InChI is InChI=1S/C27H23BrN2O5S/c1-2-34-23-14-19(10-13-22(23)35-17-18-8-11-20(28)12-9-18)15-24-26(32)30(27(33)36-24)16-25(31)29-21-6-4-3-5-7-21/h3-15H,2,16-17H2,1H3,(H,29,31)/b24-15-. The molecule has 9 heteroatoms. The Balaban J connectivity index is 1.44. The summed E-state index contributed by atoms with van der Waals surface area (Å²) in [5, 5.41) is 2.19. The molecule has 0 aliphatic carbocycles. The zero-order chi connectivity index (χ0) is 25.5. The maximum atomic E-state index is 12.8. The van der Waals surface area contributed by atoms with Crippen LogP contribution in [0.1, 0.15) is 18.1 Å². The molecule has 0 unspecified atom stereocenters. The lowest BCUT2D eigenvalue weighted by Crippen LogP contribution is -2.36. The van der Waals surface area contributed by atoms with Gasteiger partial charge in [0.1, 0.15) is 13.2 Å². The Kier molecular flexibility index (Phi) is 8.45. The fourth-order valence-corrected chi connectivity index (χ4v) is 4.50. The Labute approximate surface area is 221 Å². The van der Waals surface area contributed by atoms with E-state index in [1.807, 2.05) is 37.3 Å². The number of halogens is 1. The van der Waals surface area contributed by atoms with Crippen molar-refractivity contribution in [3.8, 4) is 11.5 Å². The number of benzene rings is 3. The monoisotopic (exact) mass is 566 g/mol. The minimum Gasteiger partial charge on any atom is -0.490 e. The average Bonchev–Trinajstić information content (AvgIpc) is 3.12. The molecule has 3 aromatic carbocycles. The van der Waals surface area contributed by atoms with E-state index < -0.39 is 17.1 Å². The van der Waals surface area contributed by atoms with Crippen LogP contribution in [0.5, 0.6) is 11.5 Å². The van der Waals surface area contributed by atoms with Gasteiger partial charge in [-0.1, -0.05) is 52.3 Å². The van der Waals surface area contributed by atoms with Crippen LogP contribution >= 0.6 is 27.7 Å². The first kappa shape index (κ1) is 25.5. The van der Waals surface area contributed by atoms with Gasteiger partial charge in [-0.25, -0.2) is 0 Å². The molecule has 3 aromatic rings. The van der Waals surface area contributed by atoms with Crippen molar-refractivity contribution in [2.24, 2.45) is 0 Å². The number of nitrogens with one attached hydrogen (secondary N) is 1. The van der Waals surface area contributed by atoms with Crippen molar-refractivity contribution in [1.29, 1.82) is 0 Å². The number of anilines is 1. The number of carbonyl (C=O) groups excluding carboxylic acids is 3. The number of imide groups is 1. The smallest absolute Gasteiger partial charge is 0.294 e. The van der Waals surface area contributed by atoms with Gasteiger partial charge in [-0.15, -0.1) is 0 Å². The molecular weight excluding hydrogens is 544 g/mol. The molecule has 1 aliphatic heterocycles. The summed E-state index contributed by atoms with van der Waals surface area (Å²) in [6.07, 6.45) is 1.61. The van der Waals surface area contributed by atoms with E-state index in [-0.39, 0.29) is 11.4 Å². The van der Waals surface area contributed by atoms with Crippen LogP contribution in [-0.4, -0.2) is 35.1 Å². The summed E-state index contributed by atoms with van der Waals surface area (Å²) in [5.74, 6) is 0.143. The maximum absolute atomic E-state index is 12.8. The third-order valence-electron chi connectivity index (χ3n) is 5.11. The van der Waals surface area contributed by atoms with Gasteiger partial charge in [-0.3, -0.25) is 19.3 Å². The quantitative estimate of drug-likeness (QED) is 0.315. The molecule has 36 heavy (non-hydrogen) atoms. The van der Waals surface area contributed by atoms with Gasteiger partial charge in [0.15, 0.2) is 11.5 Å². The van der Waals surface area contributed by atoms with Crippen LogP contribution in [0.25, 0.3) is 6.08 Å². The second-order valence-electron chi connectivity index (χ2n) is 7.74. The van der Waals surface area contributed by atoms with Crippen LogP contribution in [-0.2, 0) is 16.2 Å². The van der Waals surface area contributed by atoms with Crippen molar-refractivity contribution in [3.05, 3.63) is 93.3 Å². The van der Waals surface area contributed by atoms with Gasteiger partial charge in [-0.05, 0) is 72.3 Å². The fourth-order valence-electron chi connectivity index (χ4n) is 3.40. The third-order valence-corrected chi connectivity index (χ3v) is 6.54. The first-order valence-corrected chi connectivity index (χ1v) is 12.8. The summed E-state index contributed by atoms with van der Waals surface area (Å²) in [5.41, 5.74) is 2.28. The first-order chi connectivity index (χ1) is 17.4. The Morgan fingerprint density at radius 1 is 1.00 bits per heavy atom. The van der Waals surface area contributed by atoms with E-state index in [9.17, 15) is 14.4 Å². The van der Waals surface area contributed by atoms with Crippen molar-refractivity contribution < 1.29 is 23.9 Å². The molecule has 1 N–H and O–H groups in total. The van der Waals surface area contributed by atoms with E-state index in [0.29, 0.717) is 36.0 Å². The summed E-state index contributed by atoms with van der Waals surface area (Å²) in [6, 6.07) is 22.0.